The van der Waals surface area contributed by atoms with Crippen molar-refractivity contribution in [3.63, 3.8) is 0 Å². The average molecular weight is 645 g/mol. The Kier molecular flexibility index (Phi) is 8.21. The van der Waals surface area contributed by atoms with E-state index < -0.39 is 0 Å². The smallest absolute Gasteiger partial charge is 0.0728 e. The van der Waals surface area contributed by atoms with Gasteiger partial charge in [0.1, 0.15) is 0 Å². The molecule has 6 aromatic rings. The van der Waals surface area contributed by atoms with E-state index in [-0.39, 0.29) is 5.41 Å². The molecule has 2 heteroatoms. The summed E-state index contributed by atoms with van der Waals surface area (Å²) in [5, 5.41) is 6.79. The SMILES string of the molecule is C=Cc1c(C(/C=C(\C)CCCC)=C(C)C)c2c3c(cc4c5c6c(ncc5n1c24)C=C(C)C6CC)-c1cccc2cccc(c12)C3(C)C.CC. The van der Waals surface area contributed by atoms with Crippen molar-refractivity contribution in [3.8, 4) is 11.1 Å². The molecule has 0 saturated heterocycles. The van der Waals surface area contributed by atoms with Gasteiger partial charge in [0.15, 0.2) is 0 Å². The van der Waals surface area contributed by atoms with E-state index in [1.807, 2.05) is 13.8 Å². The molecule has 0 radical (unpaired) electrons. The third-order valence-electron chi connectivity index (χ3n) is 11.4. The first-order valence-corrected chi connectivity index (χ1v) is 18.6. The van der Waals surface area contributed by atoms with Gasteiger partial charge in [-0.2, -0.15) is 0 Å². The lowest BCUT2D eigenvalue weighted by Gasteiger charge is -2.36. The van der Waals surface area contributed by atoms with Crippen molar-refractivity contribution in [1.82, 2.24) is 9.38 Å². The molecular weight excluding hydrogens is 593 g/mol. The number of allylic oxidation sites excluding steroid dienone is 5. The summed E-state index contributed by atoms with van der Waals surface area (Å²) < 4.78 is 2.52. The Morgan fingerprint density at radius 1 is 0.980 bits per heavy atom. The lowest BCUT2D eigenvalue weighted by Crippen LogP contribution is -2.24. The topological polar surface area (TPSA) is 17.3 Å². The number of hydrogen-bond acceptors (Lipinski definition) is 1. The van der Waals surface area contributed by atoms with Gasteiger partial charge in [0.2, 0.25) is 0 Å². The van der Waals surface area contributed by atoms with Crippen molar-refractivity contribution >= 4 is 55.7 Å². The van der Waals surface area contributed by atoms with Crippen LogP contribution in [0.25, 0.3) is 66.8 Å². The van der Waals surface area contributed by atoms with Crippen molar-refractivity contribution in [1.29, 1.82) is 0 Å². The van der Waals surface area contributed by atoms with E-state index in [0.29, 0.717) is 5.92 Å². The van der Waals surface area contributed by atoms with E-state index in [4.69, 9.17) is 4.98 Å². The van der Waals surface area contributed by atoms with Crippen LogP contribution in [0, 0.1) is 0 Å². The third-order valence-corrected chi connectivity index (χ3v) is 11.4. The first kappa shape index (κ1) is 33.1. The minimum absolute atomic E-state index is 0.214. The summed E-state index contributed by atoms with van der Waals surface area (Å²) in [4.78, 5) is 5.13. The number of unbranched alkanes of at least 4 members (excludes halogenated alkanes) is 1. The predicted molar refractivity (Wildman–Crippen MR) is 216 cm³/mol. The van der Waals surface area contributed by atoms with Crippen LogP contribution in [0.5, 0.6) is 0 Å². The maximum absolute atomic E-state index is 5.13. The number of fused-ring (bicyclic) bond motifs is 8. The molecule has 2 aliphatic carbocycles. The molecule has 2 nitrogen and oxygen atoms in total. The highest BCUT2D eigenvalue weighted by molar-refractivity contribution is 6.24. The van der Waals surface area contributed by atoms with Crippen LogP contribution in [0.4, 0.5) is 0 Å². The molecule has 3 aromatic carbocycles. The Morgan fingerprint density at radius 3 is 2.39 bits per heavy atom. The minimum atomic E-state index is -0.214. The van der Waals surface area contributed by atoms with E-state index >= 15 is 0 Å². The monoisotopic (exact) mass is 644 g/mol. The molecular formula is C47H52N2. The summed E-state index contributed by atoms with van der Waals surface area (Å²) in [6.45, 7) is 27.1. The molecule has 2 aliphatic rings. The number of benzene rings is 3. The molecule has 0 aliphatic heterocycles. The molecule has 0 bridgehead atoms. The summed E-state index contributed by atoms with van der Waals surface area (Å²) in [6, 6.07) is 16.3. The number of aromatic nitrogens is 2. The largest absolute Gasteiger partial charge is 0.306 e. The summed E-state index contributed by atoms with van der Waals surface area (Å²) in [7, 11) is 0. The van der Waals surface area contributed by atoms with Crippen LogP contribution in [0.1, 0.15) is 134 Å². The summed E-state index contributed by atoms with van der Waals surface area (Å²) in [5.41, 5.74) is 18.4. The van der Waals surface area contributed by atoms with Crippen LogP contribution in [-0.4, -0.2) is 9.38 Å². The molecule has 1 atom stereocenters. The Bertz CT molecular complexity index is 2390. The summed E-state index contributed by atoms with van der Waals surface area (Å²) in [6.07, 6.45) is 13.6. The zero-order valence-corrected chi connectivity index (χ0v) is 31.4. The molecule has 0 spiro atoms. The molecule has 1 unspecified atom stereocenters. The second-order valence-electron chi connectivity index (χ2n) is 14.9. The molecule has 49 heavy (non-hydrogen) atoms. The van der Waals surface area contributed by atoms with Gasteiger partial charge in [-0.3, -0.25) is 4.98 Å². The maximum atomic E-state index is 5.13. The Labute approximate surface area is 293 Å². The average Bonchev–Trinajstić information content (AvgIpc) is 3.73. The maximum Gasteiger partial charge on any atom is 0.0728 e. The third kappa shape index (κ3) is 4.55. The molecule has 0 amide bonds. The van der Waals surface area contributed by atoms with Gasteiger partial charge in [-0.25, -0.2) is 0 Å². The molecule has 250 valence electrons. The highest BCUT2D eigenvalue weighted by atomic mass is 14.9. The van der Waals surface area contributed by atoms with Gasteiger partial charge in [0.25, 0.3) is 0 Å². The first-order chi connectivity index (χ1) is 23.6. The van der Waals surface area contributed by atoms with Gasteiger partial charge >= 0.3 is 0 Å². The van der Waals surface area contributed by atoms with Crippen molar-refractivity contribution in [2.45, 2.75) is 106 Å². The molecule has 0 N–H and O–H groups in total. The number of pyridine rings is 1. The van der Waals surface area contributed by atoms with Crippen LogP contribution in [0.15, 0.2) is 78.0 Å². The van der Waals surface area contributed by atoms with Crippen molar-refractivity contribution < 1.29 is 0 Å². The van der Waals surface area contributed by atoms with Gasteiger partial charge < -0.3 is 4.40 Å². The van der Waals surface area contributed by atoms with Gasteiger partial charge in [-0.1, -0.05) is 114 Å². The summed E-state index contributed by atoms with van der Waals surface area (Å²) >= 11 is 0. The van der Waals surface area contributed by atoms with Crippen LogP contribution in [-0.2, 0) is 5.41 Å². The van der Waals surface area contributed by atoms with E-state index in [1.165, 1.54) is 112 Å². The van der Waals surface area contributed by atoms with Crippen molar-refractivity contribution in [2.24, 2.45) is 0 Å². The highest BCUT2D eigenvalue weighted by Gasteiger charge is 2.39. The fraction of sp³-hybridized carbons (Fsp3) is 0.340. The van der Waals surface area contributed by atoms with E-state index in [1.54, 1.807) is 0 Å². The van der Waals surface area contributed by atoms with Gasteiger partial charge in [0.05, 0.1) is 28.6 Å². The molecule has 0 fully saturated rings. The van der Waals surface area contributed by atoms with Crippen LogP contribution < -0.4 is 0 Å². The summed E-state index contributed by atoms with van der Waals surface area (Å²) in [5.74, 6) is 0.382. The fourth-order valence-corrected chi connectivity index (χ4v) is 9.26. The van der Waals surface area contributed by atoms with Gasteiger partial charge in [-0.05, 0) is 109 Å². The second kappa shape index (κ2) is 12.2. The Morgan fingerprint density at radius 2 is 1.71 bits per heavy atom. The standard InChI is InChI=1S/C45H46N2.C2H6/c1-10-13-16-26(6)21-31(25(4)5)40-36(12-3)47-37-24-46-35-22-27(7)29(11-2)39(35)41(37)33-23-32-30-19-14-17-28-18-15-20-34(38(28)30)45(8,9)43(32)42(40)44(33)47;1-2/h12,14-15,17-24,29H,3,10-11,13,16H2,1-2,4-9H3;1-2H3/b26-21+;. The number of rotatable bonds is 7. The number of nitrogens with zero attached hydrogens (tertiary/aromatic N) is 2. The molecule has 0 saturated carbocycles. The van der Waals surface area contributed by atoms with Crippen molar-refractivity contribution in [3.05, 3.63) is 112 Å². The minimum Gasteiger partial charge on any atom is -0.306 e. The lowest BCUT2D eigenvalue weighted by molar-refractivity contribution is 0.651. The zero-order valence-electron chi connectivity index (χ0n) is 31.4. The van der Waals surface area contributed by atoms with E-state index in [2.05, 4.69) is 133 Å². The first-order valence-electron chi connectivity index (χ1n) is 18.6. The quantitative estimate of drug-likeness (QED) is 0.158. The normalized spacial score (nSPS) is 16.2. The van der Waals surface area contributed by atoms with Crippen LogP contribution in [0.3, 0.4) is 0 Å². The lowest BCUT2D eigenvalue weighted by atomic mass is 9.66. The van der Waals surface area contributed by atoms with E-state index in [0.717, 1.165) is 18.5 Å². The second-order valence-corrected chi connectivity index (χ2v) is 14.9. The fourth-order valence-electron chi connectivity index (χ4n) is 9.26. The highest BCUT2D eigenvalue weighted by Crippen LogP contribution is 2.56. The van der Waals surface area contributed by atoms with Crippen LogP contribution >= 0.6 is 0 Å². The Hall–Kier alpha value is -4.43. The molecule has 3 aromatic heterocycles. The van der Waals surface area contributed by atoms with Gasteiger partial charge in [-0.15, -0.1) is 0 Å². The van der Waals surface area contributed by atoms with Crippen molar-refractivity contribution in [2.75, 3.05) is 0 Å². The number of hydrogen-bond donors (Lipinski definition) is 0. The van der Waals surface area contributed by atoms with E-state index in [9.17, 15) is 0 Å². The Balaban J connectivity index is 0.00000186. The van der Waals surface area contributed by atoms with Crippen LogP contribution in [0.2, 0.25) is 0 Å². The molecule has 8 rings (SSSR count). The van der Waals surface area contributed by atoms with Gasteiger partial charge in [0, 0.05) is 33.1 Å². The predicted octanol–water partition coefficient (Wildman–Crippen LogP) is 14.0. The molecule has 3 heterocycles. The zero-order chi connectivity index (χ0) is 34.9.